The summed E-state index contributed by atoms with van der Waals surface area (Å²) in [5, 5.41) is -0.401. The Labute approximate surface area is 125 Å². The van der Waals surface area contributed by atoms with Crippen molar-refractivity contribution in [3.8, 4) is 0 Å². The molecule has 21 heavy (non-hydrogen) atoms. The van der Waals surface area contributed by atoms with Crippen LogP contribution < -0.4 is 0 Å². The lowest BCUT2D eigenvalue weighted by Crippen LogP contribution is -2.01. The number of carbonyl (C=O) groups excluding carboxylic acids is 1. The lowest BCUT2D eigenvalue weighted by Gasteiger charge is -2.05. The number of halogens is 1. The van der Waals surface area contributed by atoms with Crippen LogP contribution in [0.15, 0.2) is 42.6 Å². The summed E-state index contributed by atoms with van der Waals surface area (Å²) >= 11 is 6.42. The van der Waals surface area contributed by atoms with E-state index < -0.39 is 11.3 Å². The minimum atomic E-state index is -0.439. The molecule has 5 nitrogen and oxygen atoms in total. The Morgan fingerprint density at radius 2 is 2.10 bits per heavy atom. The maximum absolute atomic E-state index is 11.5. The van der Waals surface area contributed by atoms with Gasteiger partial charge in [0, 0.05) is 6.20 Å². The molecule has 0 amide bonds. The molecule has 1 N–H and O–H groups in total. The van der Waals surface area contributed by atoms with Crippen molar-refractivity contribution in [3.05, 3.63) is 59.5 Å². The van der Waals surface area contributed by atoms with Crippen LogP contribution in [0.25, 0.3) is 11.2 Å². The number of esters is 1. The Morgan fingerprint density at radius 1 is 1.33 bits per heavy atom. The molecular weight excluding hydrogens is 290 g/mol. The van der Waals surface area contributed by atoms with Gasteiger partial charge in [-0.3, -0.25) is 0 Å². The number of aromatic nitrogens is 3. The Kier molecular flexibility index (Phi) is 3.58. The largest absolute Gasteiger partial charge is 0.465 e. The van der Waals surface area contributed by atoms with Crippen molar-refractivity contribution in [2.75, 3.05) is 7.11 Å². The highest BCUT2D eigenvalue weighted by Crippen LogP contribution is 2.27. The second kappa shape index (κ2) is 5.54. The van der Waals surface area contributed by atoms with Gasteiger partial charge in [-0.2, -0.15) is 0 Å². The van der Waals surface area contributed by atoms with Crippen LogP contribution in [0.5, 0.6) is 0 Å². The van der Waals surface area contributed by atoms with E-state index in [1.54, 1.807) is 6.07 Å². The molecule has 2 heterocycles. The van der Waals surface area contributed by atoms with E-state index in [4.69, 9.17) is 11.6 Å². The number of pyridine rings is 1. The third kappa shape index (κ3) is 2.60. The van der Waals surface area contributed by atoms with E-state index in [2.05, 4.69) is 19.7 Å². The van der Waals surface area contributed by atoms with Gasteiger partial charge in [0.25, 0.3) is 0 Å². The van der Waals surface area contributed by atoms with Crippen LogP contribution >= 0.6 is 11.6 Å². The fraction of sp³-hybridized carbons (Fsp3) is 0.133. The van der Waals surface area contributed by atoms with E-state index in [1.165, 1.54) is 13.3 Å². The number of fused-ring (bicyclic) bond motifs is 1. The Balaban J connectivity index is 1.99. The zero-order chi connectivity index (χ0) is 14.8. The molecule has 0 aliphatic rings. The fourth-order valence-corrected chi connectivity index (χ4v) is 2.30. The quantitative estimate of drug-likeness (QED) is 0.596. The maximum Gasteiger partial charge on any atom is 0.339 e. The van der Waals surface area contributed by atoms with Crippen molar-refractivity contribution >= 4 is 28.7 Å². The molecule has 6 heteroatoms. The number of methoxy groups -OCH3 is 1. The van der Waals surface area contributed by atoms with Crippen molar-refractivity contribution in [2.24, 2.45) is 0 Å². The molecule has 1 atom stereocenters. The zero-order valence-corrected chi connectivity index (χ0v) is 12.0. The standard InChI is InChI=1S/C15H12ClN3O2/c1-21-15(20)10-7-11-13(17-8-10)19-14(18-11)12(16)9-5-3-2-4-6-9/h2-8,12H,1H3,(H,17,18,19). The summed E-state index contributed by atoms with van der Waals surface area (Å²) in [6.45, 7) is 0. The molecule has 1 unspecified atom stereocenters. The zero-order valence-electron chi connectivity index (χ0n) is 11.2. The summed E-state index contributed by atoms with van der Waals surface area (Å²) in [5.74, 6) is 0.151. The lowest BCUT2D eigenvalue weighted by molar-refractivity contribution is 0.0600. The first-order chi connectivity index (χ1) is 10.2. The average Bonchev–Trinajstić information content (AvgIpc) is 2.97. The second-order valence-electron chi connectivity index (χ2n) is 4.48. The number of imidazole rings is 1. The monoisotopic (exact) mass is 301 g/mol. The van der Waals surface area contributed by atoms with E-state index >= 15 is 0 Å². The fourth-order valence-electron chi connectivity index (χ4n) is 2.05. The highest BCUT2D eigenvalue weighted by Gasteiger charge is 2.16. The summed E-state index contributed by atoms with van der Waals surface area (Å²) in [7, 11) is 1.33. The van der Waals surface area contributed by atoms with Gasteiger partial charge < -0.3 is 9.72 Å². The second-order valence-corrected chi connectivity index (χ2v) is 4.92. The first-order valence-electron chi connectivity index (χ1n) is 6.32. The van der Waals surface area contributed by atoms with E-state index in [0.717, 1.165) is 5.56 Å². The van der Waals surface area contributed by atoms with Crippen LogP contribution in [0.4, 0.5) is 0 Å². The normalized spacial score (nSPS) is 12.3. The first kappa shape index (κ1) is 13.6. The van der Waals surface area contributed by atoms with Gasteiger partial charge in [-0.15, -0.1) is 11.6 Å². The molecule has 3 rings (SSSR count). The Hall–Kier alpha value is -2.40. The molecule has 1 aromatic carbocycles. The molecule has 0 saturated heterocycles. The van der Waals surface area contributed by atoms with Gasteiger partial charge in [-0.1, -0.05) is 30.3 Å². The minimum absolute atomic E-state index is 0.367. The molecule has 3 aromatic rings. The van der Waals surface area contributed by atoms with Gasteiger partial charge in [0.2, 0.25) is 0 Å². The van der Waals surface area contributed by atoms with E-state index in [-0.39, 0.29) is 0 Å². The van der Waals surface area contributed by atoms with Crippen LogP contribution in [0.3, 0.4) is 0 Å². The van der Waals surface area contributed by atoms with Crippen LogP contribution in [-0.2, 0) is 4.74 Å². The molecular formula is C15H12ClN3O2. The van der Waals surface area contributed by atoms with Crippen molar-refractivity contribution in [1.82, 2.24) is 15.0 Å². The van der Waals surface area contributed by atoms with Gasteiger partial charge in [-0.05, 0) is 11.6 Å². The molecule has 0 fully saturated rings. The summed E-state index contributed by atoms with van der Waals surface area (Å²) in [4.78, 5) is 23.1. The van der Waals surface area contributed by atoms with E-state index in [9.17, 15) is 4.79 Å². The maximum atomic E-state index is 11.5. The topological polar surface area (TPSA) is 67.9 Å². The number of nitrogens with one attached hydrogen (secondary N) is 1. The highest BCUT2D eigenvalue weighted by atomic mass is 35.5. The van der Waals surface area contributed by atoms with Crippen LogP contribution in [0.2, 0.25) is 0 Å². The third-order valence-electron chi connectivity index (χ3n) is 3.11. The number of benzene rings is 1. The number of hydrogen-bond donors (Lipinski definition) is 1. The number of carbonyl (C=O) groups is 1. The number of nitrogens with zero attached hydrogens (tertiary/aromatic N) is 2. The predicted molar refractivity (Wildman–Crippen MR) is 79.4 cm³/mol. The predicted octanol–water partition coefficient (Wildman–Crippen LogP) is 3.07. The van der Waals surface area contributed by atoms with Gasteiger partial charge in [0.05, 0.1) is 18.2 Å². The van der Waals surface area contributed by atoms with Crippen molar-refractivity contribution in [2.45, 2.75) is 5.38 Å². The van der Waals surface area contributed by atoms with Crippen molar-refractivity contribution in [1.29, 1.82) is 0 Å². The van der Waals surface area contributed by atoms with Crippen LogP contribution in [-0.4, -0.2) is 28.0 Å². The van der Waals surface area contributed by atoms with E-state index in [0.29, 0.717) is 22.6 Å². The molecule has 2 aromatic heterocycles. The first-order valence-corrected chi connectivity index (χ1v) is 6.75. The number of hydrogen-bond acceptors (Lipinski definition) is 4. The van der Waals surface area contributed by atoms with Gasteiger partial charge in [0.1, 0.15) is 11.2 Å². The summed E-state index contributed by atoms with van der Waals surface area (Å²) in [6, 6.07) is 11.3. The lowest BCUT2D eigenvalue weighted by atomic mass is 10.1. The molecule has 0 aliphatic heterocycles. The van der Waals surface area contributed by atoms with Crippen LogP contribution in [0, 0.1) is 0 Å². The molecule has 106 valence electrons. The minimum Gasteiger partial charge on any atom is -0.465 e. The van der Waals surface area contributed by atoms with Crippen molar-refractivity contribution in [3.63, 3.8) is 0 Å². The summed E-state index contributed by atoms with van der Waals surface area (Å²) < 4.78 is 4.67. The molecule has 0 aliphatic carbocycles. The number of rotatable bonds is 3. The van der Waals surface area contributed by atoms with Gasteiger partial charge in [-0.25, -0.2) is 14.8 Å². The SMILES string of the molecule is COC(=O)c1cnc2nc(C(Cl)c3ccccc3)[nH]c2c1. The van der Waals surface area contributed by atoms with Gasteiger partial charge >= 0.3 is 5.97 Å². The van der Waals surface area contributed by atoms with Crippen molar-refractivity contribution < 1.29 is 9.53 Å². The molecule has 0 bridgehead atoms. The summed E-state index contributed by atoms with van der Waals surface area (Å²) in [6.07, 6.45) is 1.44. The molecule has 0 radical (unpaired) electrons. The van der Waals surface area contributed by atoms with Gasteiger partial charge in [0.15, 0.2) is 5.65 Å². The Bertz CT molecular complexity index is 786. The molecule has 0 spiro atoms. The highest BCUT2D eigenvalue weighted by molar-refractivity contribution is 6.22. The molecule has 0 saturated carbocycles. The average molecular weight is 302 g/mol. The number of aromatic amines is 1. The third-order valence-corrected chi connectivity index (χ3v) is 3.57. The van der Waals surface area contributed by atoms with Crippen LogP contribution in [0.1, 0.15) is 27.1 Å². The number of alkyl halides is 1. The van der Waals surface area contributed by atoms with E-state index in [1.807, 2.05) is 30.3 Å². The summed E-state index contributed by atoms with van der Waals surface area (Å²) in [5.41, 5.74) is 2.46. The smallest absolute Gasteiger partial charge is 0.339 e. The number of H-pyrrole nitrogens is 1. The Morgan fingerprint density at radius 3 is 2.81 bits per heavy atom. The number of ether oxygens (including phenoxy) is 1.